The lowest BCUT2D eigenvalue weighted by atomic mass is 9.86. The second-order valence-corrected chi connectivity index (χ2v) is 11.9. The quantitative estimate of drug-likeness (QED) is 0.199. The van der Waals surface area contributed by atoms with Crippen LogP contribution in [0.2, 0.25) is 0 Å². The van der Waals surface area contributed by atoms with Crippen LogP contribution in [0.1, 0.15) is 0 Å². The normalized spacial score (nSPS) is 11.8. The third-order valence-corrected chi connectivity index (χ3v) is 9.67. The molecule has 2 aromatic heterocycles. The third kappa shape index (κ3) is 3.43. The summed E-state index contributed by atoms with van der Waals surface area (Å²) < 4.78 is 9.13. The van der Waals surface area contributed by atoms with Gasteiger partial charge in [-0.15, -0.1) is 11.3 Å². The molecule has 0 saturated heterocycles. The van der Waals surface area contributed by atoms with Gasteiger partial charge in [0.25, 0.3) is 0 Å². The standard InChI is InChI=1S/C40H24OS/c1-3-12-25(13-4-1)34-24-27-22-23-35-38(39(27)41-34)33-21-11-20-32(40(33)42-35)37-30-18-9-7-16-28(30)36(26-14-5-2-6-15-26)29-17-8-10-19-31(29)37/h1-24H. The maximum atomic E-state index is 6.59. The minimum absolute atomic E-state index is 0.905. The van der Waals surface area contributed by atoms with Gasteiger partial charge in [-0.05, 0) is 56.4 Å². The molecule has 0 unspecified atom stereocenters. The van der Waals surface area contributed by atoms with Crippen LogP contribution in [0.5, 0.6) is 0 Å². The summed E-state index contributed by atoms with van der Waals surface area (Å²) in [4.78, 5) is 0. The Morgan fingerprint density at radius 1 is 0.452 bits per heavy atom. The van der Waals surface area contributed by atoms with Crippen molar-refractivity contribution in [3.8, 4) is 33.6 Å². The van der Waals surface area contributed by atoms with E-state index in [9.17, 15) is 0 Å². The van der Waals surface area contributed by atoms with Gasteiger partial charge in [0.05, 0.1) is 0 Å². The Morgan fingerprint density at radius 2 is 1.02 bits per heavy atom. The predicted molar refractivity (Wildman–Crippen MR) is 180 cm³/mol. The summed E-state index contributed by atoms with van der Waals surface area (Å²) in [6, 6.07) is 52.3. The molecule has 9 aromatic rings. The molecule has 9 rings (SSSR count). The zero-order valence-electron chi connectivity index (χ0n) is 22.7. The van der Waals surface area contributed by atoms with E-state index < -0.39 is 0 Å². The van der Waals surface area contributed by atoms with Crippen molar-refractivity contribution in [1.82, 2.24) is 0 Å². The van der Waals surface area contributed by atoms with Crippen LogP contribution in [0.25, 0.3) is 86.3 Å². The van der Waals surface area contributed by atoms with E-state index in [0.29, 0.717) is 0 Å². The van der Waals surface area contributed by atoms with Crippen LogP contribution in [0.3, 0.4) is 0 Å². The molecule has 196 valence electrons. The minimum atomic E-state index is 0.905. The van der Waals surface area contributed by atoms with E-state index in [2.05, 4.69) is 140 Å². The van der Waals surface area contributed by atoms with Crippen LogP contribution in [0, 0.1) is 0 Å². The van der Waals surface area contributed by atoms with Gasteiger partial charge < -0.3 is 4.42 Å². The Bertz CT molecular complexity index is 2390. The van der Waals surface area contributed by atoms with Crippen molar-refractivity contribution in [2.24, 2.45) is 0 Å². The predicted octanol–water partition coefficient (Wildman–Crippen LogP) is 12.1. The zero-order valence-corrected chi connectivity index (χ0v) is 23.5. The molecule has 42 heavy (non-hydrogen) atoms. The van der Waals surface area contributed by atoms with E-state index in [1.54, 1.807) is 0 Å². The summed E-state index contributed by atoms with van der Waals surface area (Å²) >= 11 is 1.86. The molecule has 7 aromatic carbocycles. The molecule has 0 aliphatic carbocycles. The summed E-state index contributed by atoms with van der Waals surface area (Å²) in [7, 11) is 0. The van der Waals surface area contributed by atoms with E-state index in [0.717, 1.165) is 22.3 Å². The molecule has 0 fully saturated rings. The highest BCUT2D eigenvalue weighted by atomic mass is 32.1. The third-order valence-electron chi connectivity index (χ3n) is 8.47. The molecule has 0 N–H and O–H groups in total. The van der Waals surface area contributed by atoms with Gasteiger partial charge in [-0.1, -0.05) is 127 Å². The Kier molecular flexibility index (Phi) is 5.13. The van der Waals surface area contributed by atoms with Gasteiger partial charge in [-0.2, -0.15) is 0 Å². The lowest BCUT2D eigenvalue weighted by Gasteiger charge is -2.18. The smallest absolute Gasteiger partial charge is 0.144 e. The molecular formula is C40H24OS. The first-order valence-electron chi connectivity index (χ1n) is 14.3. The average molecular weight is 553 g/mol. The number of benzene rings is 7. The molecule has 0 radical (unpaired) electrons. The number of furan rings is 1. The van der Waals surface area contributed by atoms with E-state index >= 15 is 0 Å². The van der Waals surface area contributed by atoms with E-state index in [-0.39, 0.29) is 0 Å². The topological polar surface area (TPSA) is 13.1 Å². The number of fused-ring (bicyclic) bond motifs is 7. The maximum Gasteiger partial charge on any atom is 0.144 e. The van der Waals surface area contributed by atoms with Crippen LogP contribution >= 0.6 is 11.3 Å². The molecule has 0 amide bonds. The highest BCUT2D eigenvalue weighted by Gasteiger charge is 2.20. The Morgan fingerprint density at radius 3 is 1.69 bits per heavy atom. The van der Waals surface area contributed by atoms with Gasteiger partial charge in [0.1, 0.15) is 11.3 Å². The largest absolute Gasteiger partial charge is 0.455 e. The van der Waals surface area contributed by atoms with Crippen molar-refractivity contribution in [3.05, 3.63) is 146 Å². The molecule has 2 heterocycles. The minimum Gasteiger partial charge on any atom is -0.455 e. The molecular weight excluding hydrogens is 529 g/mol. The number of thiophene rings is 1. The molecule has 0 spiro atoms. The molecule has 0 atom stereocenters. The first-order chi connectivity index (χ1) is 20.8. The molecule has 0 aliphatic heterocycles. The van der Waals surface area contributed by atoms with Crippen LogP contribution < -0.4 is 0 Å². The van der Waals surface area contributed by atoms with Crippen LogP contribution in [0.15, 0.2) is 150 Å². The highest BCUT2D eigenvalue weighted by Crippen LogP contribution is 2.49. The van der Waals surface area contributed by atoms with Crippen LogP contribution in [0.4, 0.5) is 0 Å². The lowest BCUT2D eigenvalue weighted by molar-refractivity contribution is 0.635. The fraction of sp³-hybridized carbons (Fsp3) is 0. The summed E-state index contributed by atoms with van der Waals surface area (Å²) in [6.07, 6.45) is 0. The fourth-order valence-corrected chi connectivity index (χ4v) is 7.88. The fourth-order valence-electron chi connectivity index (χ4n) is 6.65. The van der Waals surface area contributed by atoms with Crippen LogP contribution in [-0.4, -0.2) is 0 Å². The van der Waals surface area contributed by atoms with Crippen molar-refractivity contribution in [2.45, 2.75) is 0 Å². The molecule has 1 nitrogen and oxygen atoms in total. The van der Waals surface area contributed by atoms with Crippen molar-refractivity contribution < 1.29 is 4.42 Å². The number of hydrogen-bond donors (Lipinski definition) is 0. The first kappa shape index (κ1) is 23.5. The average Bonchev–Trinajstić information content (AvgIpc) is 3.66. The number of hydrogen-bond acceptors (Lipinski definition) is 2. The summed E-state index contributed by atoms with van der Waals surface area (Å²) in [5.74, 6) is 0.905. The van der Waals surface area contributed by atoms with Gasteiger partial charge in [0, 0.05) is 36.7 Å². The SMILES string of the molecule is c1ccc(-c2cc3ccc4sc5c(-c6c7ccccc7c(-c7ccccc7)c7ccccc67)cccc5c4c3o2)cc1. The van der Waals surface area contributed by atoms with E-state index in [1.807, 2.05) is 17.4 Å². The molecule has 2 heteroatoms. The van der Waals surface area contributed by atoms with Gasteiger partial charge in [-0.3, -0.25) is 0 Å². The first-order valence-corrected chi connectivity index (χ1v) is 15.1. The van der Waals surface area contributed by atoms with Gasteiger partial charge in [0.2, 0.25) is 0 Å². The molecule has 0 aliphatic rings. The summed E-state index contributed by atoms with van der Waals surface area (Å²) in [5, 5.41) is 8.67. The summed E-state index contributed by atoms with van der Waals surface area (Å²) in [6.45, 7) is 0. The van der Waals surface area contributed by atoms with Gasteiger partial charge in [-0.25, -0.2) is 0 Å². The molecule has 0 saturated carbocycles. The Hall–Kier alpha value is -5.18. The van der Waals surface area contributed by atoms with E-state index in [1.165, 1.54) is 64.0 Å². The van der Waals surface area contributed by atoms with Gasteiger partial charge >= 0.3 is 0 Å². The molecule has 0 bridgehead atoms. The van der Waals surface area contributed by atoms with Crippen molar-refractivity contribution >= 4 is 64.0 Å². The Balaban J connectivity index is 1.38. The monoisotopic (exact) mass is 552 g/mol. The maximum absolute atomic E-state index is 6.59. The zero-order chi connectivity index (χ0) is 27.6. The lowest BCUT2D eigenvalue weighted by Crippen LogP contribution is -1.90. The summed E-state index contributed by atoms with van der Waals surface area (Å²) in [5.41, 5.74) is 7.15. The number of rotatable bonds is 3. The second-order valence-electron chi connectivity index (χ2n) is 10.8. The van der Waals surface area contributed by atoms with Crippen molar-refractivity contribution in [1.29, 1.82) is 0 Å². The van der Waals surface area contributed by atoms with Crippen molar-refractivity contribution in [2.75, 3.05) is 0 Å². The second kappa shape index (κ2) is 9.17. The Labute approximate surface area is 246 Å². The van der Waals surface area contributed by atoms with Gasteiger partial charge in [0.15, 0.2) is 0 Å². The van der Waals surface area contributed by atoms with Crippen LogP contribution in [-0.2, 0) is 0 Å². The highest BCUT2D eigenvalue weighted by molar-refractivity contribution is 7.26. The van der Waals surface area contributed by atoms with E-state index in [4.69, 9.17) is 4.42 Å². The van der Waals surface area contributed by atoms with Crippen molar-refractivity contribution in [3.63, 3.8) is 0 Å².